The molecule has 2 fully saturated rings. The molecular formula is C20H29ClN2O2. The number of benzene rings is 1. The number of halogens is 1. The molecule has 1 N–H and O–H groups in total. The minimum atomic E-state index is -0.471. The van der Waals surface area contributed by atoms with Gasteiger partial charge in [0.05, 0.1) is 5.41 Å². The fraction of sp³-hybridized carbons (Fsp3) is 0.650. The van der Waals surface area contributed by atoms with Crippen LogP contribution in [0.4, 0.5) is 0 Å². The number of carbonyl (C=O) groups is 1. The number of amides is 1. The fourth-order valence-corrected chi connectivity index (χ4v) is 4.40. The Bertz CT molecular complexity index is 579. The van der Waals surface area contributed by atoms with E-state index in [4.69, 9.17) is 16.3 Å². The lowest BCUT2D eigenvalue weighted by atomic mass is 9.72. The zero-order chi connectivity index (χ0) is 17.7. The number of carbonyl (C=O) groups excluding carboxylic acids is 1. The standard InChI is InChI=1S/C20H29ClN2O2/c1-22-10-5-16-6-11-23(12-7-16)19(24)20(8-13-25-14-9-20)17-3-2-4-18(21)15-17/h2-4,15-16,22H,5-14H2,1H3. The molecule has 0 aromatic heterocycles. The van der Waals surface area contributed by atoms with Gasteiger partial charge < -0.3 is 15.0 Å². The molecule has 2 heterocycles. The lowest BCUT2D eigenvalue weighted by molar-refractivity contribution is -0.142. The summed E-state index contributed by atoms with van der Waals surface area (Å²) in [6.45, 7) is 4.07. The number of rotatable bonds is 5. The first-order valence-corrected chi connectivity index (χ1v) is 9.81. The maximum atomic E-state index is 13.5. The van der Waals surface area contributed by atoms with E-state index in [-0.39, 0.29) is 5.91 Å². The first kappa shape index (κ1) is 18.7. The van der Waals surface area contributed by atoms with Crippen LogP contribution in [0.1, 0.15) is 37.7 Å². The molecule has 0 bridgehead atoms. The van der Waals surface area contributed by atoms with Crippen molar-refractivity contribution in [2.75, 3.05) is 39.9 Å². The van der Waals surface area contributed by atoms with Gasteiger partial charge in [-0.15, -0.1) is 0 Å². The number of hydrogen-bond donors (Lipinski definition) is 1. The van der Waals surface area contributed by atoms with Crippen molar-refractivity contribution < 1.29 is 9.53 Å². The maximum absolute atomic E-state index is 13.5. The van der Waals surface area contributed by atoms with Gasteiger partial charge in [-0.2, -0.15) is 0 Å². The molecule has 0 aliphatic carbocycles. The van der Waals surface area contributed by atoms with E-state index in [1.165, 1.54) is 6.42 Å². The third-order valence-electron chi connectivity index (χ3n) is 5.84. The van der Waals surface area contributed by atoms with Crippen molar-refractivity contribution in [2.45, 2.75) is 37.5 Å². The number of likely N-dealkylation sites (tertiary alicyclic amines) is 1. The summed E-state index contributed by atoms with van der Waals surface area (Å²) >= 11 is 6.22. The molecule has 1 aromatic carbocycles. The average molecular weight is 365 g/mol. The molecule has 138 valence electrons. The van der Waals surface area contributed by atoms with Crippen LogP contribution in [-0.4, -0.2) is 50.7 Å². The second kappa shape index (κ2) is 8.52. The van der Waals surface area contributed by atoms with E-state index in [0.29, 0.717) is 18.2 Å². The van der Waals surface area contributed by atoms with E-state index < -0.39 is 5.41 Å². The molecule has 2 aliphatic rings. The molecule has 1 amide bonds. The van der Waals surface area contributed by atoms with Crippen molar-refractivity contribution in [1.82, 2.24) is 10.2 Å². The average Bonchev–Trinajstić information content (AvgIpc) is 2.67. The second-order valence-corrected chi connectivity index (χ2v) is 7.77. The van der Waals surface area contributed by atoms with Gasteiger partial charge in [-0.3, -0.25) is 4.79 Å². The molecule has 3 rings (SSSR count). The maximum Gasteiger partial charge on any atom is 0.233 e. The quantitative estimate of drug-likeness (QED) is 0.872. The minimum absolute atomic E-state index is 0.269. The van der Waals surface area contributed by atoms with Crippen LogP contribution in [0, 0.1) is 5.92 Å². The van der Waals surface area contributed by atoms with Gasteiger partial charge in [0.1, 0.15) is 0 Å². The lowest BCUT2D eigenvalue weighted by Gasteiger charge is -2.42. The summed E-state index contributed by atoms with van der Waals surface area (Å²) in [5.41, 5.74) is 0.576. The SMILES string of the molecule is CNCCC1CCN(C(=O)C2(c3cccc(Cl)c3)CCOCC2)CC1. The lowest BCUT2D eigenvalue weighted by Crippen LogP contribution is -2.52. The number of nitrogens with zero attached hydrogens (tertiary/aromatic N) is 1. The van der Waals surface area contributed by atoms with Crippen molar-refractivity contribution in [3.8, 4) is 0 Å². The van der Waals surface area contributed by atoms with E-state index in [2.05, 4.69) is 16.3 Å². The largest absolute Gasteiger partial charge is 0.381 e. The molecule has 25 heavy (non-hydrogen) atoms. The summed E-state index contributed by atoms with van der Waals surface area (Å²) in [5, 5.41) is 3.92. The molecule has 4 nitrogen and oxygen atoms in total. The minimum Gasteiger partial charge on any atom is -0.381 e. The molecule has 2 aliphatic heterocycles. The molecule has 0 spiro atoms. The molecule has 1 aromatic rings. The Morgan fingerprint density at radius 3 is 2.68 bits per heavy atom. The van der Waals surface area contributed by atoms with E-state index in [1.54, 1.807) is 0 Å². The van der Waals surface area contributed by atoms with Crippen LogP contribution in [-0.2, 0) is 14.9 Å². The van der Waals surface area contributed by atoms with Gasteiger partial charge in [0, 0.05) is 31.3 Å². The second-order valence-electron chi connectivity index (χ2n) is 7.33. The van der Waals surface area contributed by atoms with Crippen molar-refractivity contribution >= 4 is 17.5 Å². The van der Waals surface area contributed by atoms with Crippen LogP contribution in [0.3, 0.4) is 0 Å². The van der Waals surface area contributed by atoms with Gasteiger partial charge in [-0.25, -0.2) is 0 Å². The summed E-state index contributed by atoms with van der Waals surface area (Å²) < 4.78 is 5.56. The summed E-state index contributed by atoms with van der Waals surface area (Å²) in [5.74, 6) is 0.999. The Morgan fingerprint density at radius 2 is 2.04 bits per heavy atom. The van der Waals surface area contributed by atoms with E-state index in [1.807, 2.05) is 25.2 Å². The van der Waals surface area contributed by atoms with Crippen molar-refractivity contribution in [3.05, 3.63) is 34.9 Å². The molecule has 0 radical (unpaired) electrons. The van der Waals surface area contributed by atoms with Gasteiger partial charge in [0.2, 0.25) is 5.91 Å². The monoisotopic (exact) mass is 364 g/mol. The molecule has 0 atom stereocenters. The highest BCUT2D eigenvalue weighted by atomic mass is 35.5. The zero-order valence-electron chi connectivity index (χ0n) is 15.1. The van der Waals surface area contributed by atoms with E-state index in [9.17, 15) is 4.79 Å². The van der Waals surface area contributed by atoms with Gasteiger partial charge in [0.15, 0.2) is 0 Å². The Labute approximate surface area is 155 Å². The van der Waals surface area contributed by atoms with Crippen LogP contribution in [0.25, 0.3) is 0 Å². The summed E-state index contributed by atoms with van der Waals surface area (Å²) in [4.78, 5) is 15.6. The third kappa shape index (κ3) is 4.18. The van der Waals surface area contributed by atoms with Crippen LogP contribution >= 0.6 is 11.6 Å². The smallest absolute Gasteiger partial charge is 0.233 e. The highest BCUT2D eigenvalue weighted by molar-refractivity contribution is 6.30. The predicted molar refractivity (Wildman–Crippen MR) is 101 cm³/mol. The number of piperidine rings is 1. The zero-order valence-corrected chi connectivity index (χ0v) is 15.9. The van der Waals surface area contributed by atoms with E-state index >= 15 is 0 Å². The summed E-state index contributed by atoms with van der Waals surface area (Å²) in [6.07, 6.45) is 4.90. The highest BCUT2D eigenvalue weighted by Crippen LogP contribution is 2.38. The first-order valence-electron chi connectivity index (χ1n) is 9.43. The third-order valence-corrected chi connectivity index (χ3v) is 6.07. The van der Waals surface area contributed by atoms with Crippen LogP contribution in [0.5, 0.6) is 0 Å². The normalized spacial score (nSPS) is 21.3. The van der Waals surface area contributed by atoms with Gasteiger partial charge in [-0.05, 0) is 69.3 Å². The number of nitrogens with one attached hydrogen (secondary N) is 1. The molecule has 5 heteroatoms. The Kier molecular flexibility index (Phi) is 6.37. The molecule has 2 saturated heterocycles. The topological polar surface area (TPSA) is 41.6 Å². The molecule has 0 unspecified atom stereocenters. The van der Waals surface area contributed by atoms with Gasteiger partial charge >= 0.3 is 0 Å². The van der Waals surface area contributed by atoms with E-state index in [0.717, 1.165) is 56.8 Å². The predicted octanol–water partition coefficient (Wildman–Crippen LogP) is 3.24. The van der Waals surface area contributed by atoms with Crippen molar-refractivity contribution in [3.63, 3.8) is 0 Å². The van der Waals surface area contributed by atoms with Gasteiger partial charge in [0.25, 0.3) is 0 Å². The van der Waals surface area contributed by atoms with Crippen LogP contribution < -0.4 is 5.32 Å². The van der Waals surface area contributed by atoms with Crippen molar-refractivity contribution in [2.24, 2.45) is 5.92 Å². The van der Waals surface area contributed by atoms with Crippen LogP contribution in [0.2, 0.25) is 5.02 Å². The summed E-state index contributed by atoms with van der Waals surface area (Å²) in [7, 11) is 2.00. The van der Waals surface area contributed by atoms with Crippen molar-refractivity contribution in [1.29, 1.82) is 0 Å². The Balaban J connectivity index is 1.75. The summed E-state index contributed by atoms with van der Waals surface area (Å²) in [6, 6.07) is 7.83. The molecular weight excluding hydrogens is 336 g/mol. The Morgan fingerprint density at radius 1 is 1.32 bits per heavy atom. The fourth-order valence-electron chi connectivity index (χ4n) is 4.21. The van der Waals surface area contributed by atoms with Crippen LogP contribution in [0.15, 0.2) is 24.3 Å². The van der Waals surface area contributed by atoms with Gasteiger partial charge in [-0.1, -0.05) is 23.7 Å². The number of hydrogen-bond acceptors (Lipinski definition) is 3. The number of ether oxygens (including phenoxy) is 1. The highest BCUT2D eigenvalue weighted by Gasteiger charge is 2.44. The molecule has 0 saturated carbocycles. The first-order chi connectivity index (χ1) is 12.2. The Hall–Kier alpha value is -1.10.